The topological polar surface area (TPSA) is 90.3 Å². The summed E-state index contributed by atoms with van der Waals surface area (Å²) >= 11 is 0. The second-order valence-corrected chi connectivity index (χ2v) is 2.60. The first-order chi connectivity index (χ1) is 5.17. The number of nitrogens with one attached hydrogen (secondary N) is 1. The molecule has 1 heterocycles. The third-order valence-corrected chi connectivity index (χ3v) is 1.34. The van der Waals surface area contributed by atoms with Crippen LogP contribution in [0.3, 0.4) is 0 Å². The Balaban J connectivity index is 2.99. The second-order valence-electron chi connectivity index (χ2n) is 2.60. The third kappa shape index (κ3) is 1.47. The van der Waals surface area contributed by atoms with Crippen LogP contribution in [-0.4, -0.2) is 15.4 Å². The number of H-pyrrole nitrogens is 1. The second kappa shape index (κ2) is 2.59. The van der Waals surface area contributed by atoms with Crippen LogP contribution in [0.15, 0.2) is 11.3 Å². The Bertz CT molecular complexity index is 267. The average molecular weight is 152 g/mol. The van der Waals surface area contributed by atoms with Gasteiger partial charge in [0.2, 0.25) is 0 Å². The van der Waals surface area contributed by atoms with E-state index in [4.69, 9.17) is 5.53 Å². The van der Waals surface area contributed by atoms with Crippen molar-refractivity contribution in [1.82, 2.24) is 15.4 Å². The lowest BCUT2D eigenvalue weighted by Crippen LogP contribution is -2.12. The van der Waals surface area contributed by atoms with Crippen LogP contribution in [0, 0.1) is 0 Å². The Morgan fingerprint density at radius 2 is 2.45 bits per heavy atom. The molecule has 0 aromatic carbocycles. The number of nitrogens with zero attached hydrogens (tertiary/aromatic N) is 5. The zero-order chi connectivity index (χ0) is 8.32. The standard InChI is InChI=1S/C5H8N6/c1-5(2,9-10-6)4-3-7-11-8-4/h3H,1-2H3,(H,7,8,11). The molecule has 6 heteroatoms. The molecule has 0 atom stereocenters. The Hall–Kier alpha value is -1.55. The van der Waals surface area contributed by atoms with E-state index in [-0.39, 0.29) is 0 Å². The van der Waals surface area contributed by atoms with Gasteiger partial charge >= 0.3 is 0 Å². The number of aromatic nitrogens is 3. The molecule has 0 saturated heterocycles. The molecule has 0 fully saturated rings. The third-order valence-electron chi connectivity index (χ3n) is 1.34. The summed E-state index contributed by atoms with van der Waals surface area (Å²) in [6, 6.07) is 0. The van der Waals surface area contributed by atoms with Crippen molar-refractivity contribution in [2.45, 2.75) is 19.4 Å². The minimum absolute atomic E-state index is 0.623. The van der Waals surface area contributed by atoms with Gasteiger partial charge in [-0.2, -0.15) is 15.4 Å². The van der Waals surface area contributed by atoms with E-state index in [0.717, 1.165) is 0 Å². The fraction of sp³-hybridized carbons (Fsp3) is 0.600. The van der Waals surface area contributed by atoms with Crippen molar-refractivity contribution in [3.05, 3.63) is 22.3 Å². The van der Waals surface area contributed by atoms with Crippen LogP contribution < -0.4 is 0 Å². The van der Waals surface area contributed by atoms with Gasteiger partial charge in [-0.1, -0.05) is 5.11 Å². The highest BCUT2D eigenvalue weighted by Gasteiger charge is 2.20. The molecule has 6 nitrogen and oxygen atoms in total. The Kier molecular flexibility index (Phi) is 1.78. The molecule has 0 bridgehead atoms. The minimum atomic E-state index is -0.623. The van der Waals surface area contributed by atoms with Crippen LogP contribution in [0.25, 0.3) is 10.4 Å². The van der Waals surface area contributed by atoms with Crippen molar-refractivity contribution in [2.75, 3.05) is 0 Å². The van der Waals surface area contributed by atoms with E-state index >= 15 is 0 Å². The summed E-state index contributed by atoms with van der Waals surface area (Å²) in [7, 11) is 0. The maximum absolute atomic E-state index is 8.20. The van der Waals surface area contributed by atoms with Crippen LogP contribution in [0.5, 0.6) is 0 Å². The van der Waals surface area contributed by atoms with E-state index in [9.17, 15) is 0 Å². The lowest BCUT2D eigenvalue weighted by atomic mass is 10.0. The van der Waals surface area contributed by atoms with E-state index in [0.29, 0.717) is 5.69 Å². The highest BCUT2D eigenvalue weighted by atomic mass is 15.3. The molecule has 1 N–H and O–H groups in total. The molecule has 11 heavy (non-hydrogen) atoms. The summed E-state index contributed by atoms with van der Waals surface area (Å²) < 4.78 is 0. The molecule has 0 aliphatic heterocycles. The lowest BCUT2D eigenvalue weighted by Gasteiger charge is -2.12. The molecule has 58 valence electrons. The zero-order valence-electron chi connectivity index (χ0n) is 6.31. The molecule has 0 unspecified atom stereocenters. The van der Waals surface area contributed by atoms with E-state index in [1.807, 2.05) is 0 Å². The Morgan fingerprint density at radius 3 is 2.91 bits per heavy atom. The van der Waals surface area contributed by atoms with Crippen molar-refractivity contribution in [1.29, 1.82) is 0 Å². The predicted molar refractivity (Wildman–Crippen MR) is 38.6 cm³/mol. The molecule has 1 aromatic heterocycles. The number of azide groups is 1. The lowest BCUT2D eigenvalue weighted by molar-refractivity contribution is 0.530. The smallest absolute Gasteiger partial charge is 0.0938 e. The van der Waals surface area contributed by atoms with Crippen LogP contribution in [0.1, 0.15) is 19.5 Å². The molecule has 0 aliphatic rings. The normalized spacial score (nSPS) is 10.7. The maximum atomic E-state index is 8.20. The van der Waals surface area contributed by atoms with Gasteiger partial charge in [-0.15, -0.1) is 0 Å². The van der Waals surface area contributed by atoms with Crippen molar-refractivity contribution in [3.63, 3.8) is 0 Å². The molecule has 0 spiro atoms. The largest absolute Gasteiger partial charge is 0.198 e. The molecule has 1 rings (SSSR count). The predicted octanol–water partition coefficient (Wildman–Crippen LogP) is 1.35. The zero-order valence-corrected chi connectivity index (χ0v) is 6.31. The SMILES string of the molecule is CC(C)(N=[N+]=[N-])c1cn[nH]n1. The summed E-state index contributed by atoms with van der Waals surface area (Å²) in [4.78, 5) is 2.71. The molecule has 0 radical (unpaired) electrons. The Labute approximate surface area is 63.2 Å². The summed E-state index contributed by atoms with van der Waals surface area (Å²) in [5.41, 5.74) is 8.21. The van der Waals surface area contributed by atoms with Crippen LogP contribution in [-0.2, 0) is 5.54 Å². The van der Waals surface area contributed by atoms with Gasteiger partial charge in [0.05, 0.1) is 17.4 Å². The molecular formula is C5H8N6. The van der Waals surface area contributed by atoms with Crippen LogP contribution in [0.4, 0.5) is 0 Å². The fourth-order valence-electron chi connectivity index (χ4n) is 0.659. The first-order valence-electron chi connectivity index (χ1n) is 3.09. The monoisotopic (exact) mass is 152 g/mol. The summed E-state index contributed by atoms with van der Waals surface area (Å²) in [6.07, 6.45) is 1.54. The average Bonchev–Trinajstić information content (AvgIpc) is 2.37. The molecular weight excluding hydrogens is 144 g/mol. The van der Waals surface area contributed by atoms with Gasteiger partial charge in [0.15, 0.2) is 0 Å². The van der Waals surface area contributed by atoms with E-state index in [1.165, 1.54) is 6.20 Å². The van der Waals surface area contributed by atoms with Crippen molar-refractivity contribution >= 4 is 0 Å². The van der Waals surface area contributed by atoms with Gasteiger partial charge in [-0.25, -0.2) is 0 Å². The molecule has 0 aliphatic carbocycles. The van der Waals surface area contributed by atoms with Crippen molar-refractivity contribution in [2.24, 2.45) is 5.11 Å². The van der Waals surface area contributed by atoms with Gasteiger partial charge in [-0.3, -0.25) is 0 Å². The quantitative estimate of drug-likeness (QED) is 0.393. The highest BCUT2D eigenvalue weighted by Crippen LogP contribution is 2.20. The van der Waals surface area contributed by atoms with Crippen molar-refractivity contribution in [3.8, 4) is 0 Å². The number of aromatic amines is 1. The highest BCUT2D eigenvalue weighted by molar-refractivity contribution is 5.06. The van der Waals surface area contributed by atoms with Gasteiger partial charge in [0.25, 0.3) is 0 Å². The number of hydrogen-bond acceptors (Lipinski definition) is 3. The number of rotatable bonds is 2. The fourth-order valence-corrected chi connectivity index (χ4v) is 0.659. The van der Waals surface area contributed by atoms with Gasteiger partial charge < -0.3 is 0 Å². The van der Waals surface area contributed by atoms with Gasteiger partial charge in [0, 0.05) is 4.91 Å². The summed E-state index contributed by atoms with van der Waals surface area (Å²) in [5, 5.41) is 13.4. The van der Waals surface area contributed by atoms with Gasteiger partial charge in [0.1, 0.15) is 0 Å². The first-order valence-corrected chi connectivity index (χ1v) is 3.09. The number of hydrogen-bond donors (Lipinski definition) is 1. The molecule has 1 aromatic rings. The Morgan fingerprint density at radius 1 is 1.73 bits per heavy atom. The van der Waals surface area contributed by atoms with E-state index < -0.39 is 5.54 Å². The van der Waals surface area contributed by atoms with E-state index in [1.54, 1.807) is 13.8 Å². The summed E-state index contributed by atoms with van der Waals surface area (Å²) in [5.74, 6) is 0. The molecule has 0 amide bonds. The minimum Gasteiger partial charge on any atom is -0.198 e. The van der Waals surface area contributed by atoms with Gasteiger partial charge in [-0.05, 0) is 19.4 Å². The van der Waals surface area contributed by atoms with Crippen molar-refractivity contribution < 1.29 is 0 Å². The van der Waals surface area contributed by atoms with Crippen LogP contribution >= 0.6 is 0 Å². The molecule has 0 saturated carbocycles. The van der Waals surface area contributed by atoms with E-state index in [2.05, 4.69) is 25.4 Å². The summed E-state index contributed by atoms with van der Waals surface area (Å²) in [6.45, 7) is 3.54. The maximum Gasteiger partial charge on any atom is 0.0938 e. The first kappa shape index (κ1) is 7.56. The van der Waals surface area contributed by atoms with Crippen LogP contribution in [0.2, 0.25) is 0 Å².